The standard InChI is InChI=1S/C17H16ClN3O2/c18-13-5-7-14(8-6-13)20-16(22)15-4-2-10-21(15)17(23)12-3-1-9-19-11-12/h1,3,5-9,11,15H,2,4,10H2,(H,20,22)/t15-/m0/s1. The van der Waals surface area contributed by atoms with Crippen molar-refractivity contribution in [3.63, 3.8) is 0 Å². The van der Waals surface area contributed by atoms with E-state index in [1.807, 2.05) is 0 Å². The van der Waals surface area contributed by atoms with Crippen molar-refractivity contribution in [1.29, 1.82) is 0 Å². The van der Waals surface area contributed by atoms with Crippen LogP contribution in [0.15, 0.2) is 48.8 Å². The molecule has 0 spiro atoms. The van der Waals surface area contributed by atoms with Gasteiger partial charge in [0.25, 0.3) is 5.91 Å². The molecule has 118 valence electrons. The summed E-state index contributed by atoms with van der Waals surface area (Å²) in [6, 6.07) is 9.87. The lowest BCUT2D eigenvalue weighted by Gasteiger charge is -2.24. The highest BCUT2D eigenvalue weighted by Crippen LogP contribution is 2.22. The minimum Gasteiger partial charge on any atom is -0.327 e. The molecule has 0 unspecified atom stereocenters. The molecule has 2 aromatic rings. The predicted octanol–water partition coefficient (Wildman–Crippen LogP) is 2.98. The zero-order valence-electron chi connectivity index (χ0n) is 12.4. The molecule has 1 aliphatic rings. The molecular formula is C17H16ClN3O2. The summed E-state index contributed by atoms with van der Waals surface area (Å²) in [5.41, 5.74) is 1.17. The first-order chi connectivity index (χ1) is 11.1. The highest BCUT2D eigenvalue weighted by Gasteiger charge is 2.34. The third-order valence-electron chi connectivity index (χ3n) is 3.84. The smallest absolute Gasteiger partial charge is 0.256 e. The lowest BCUT2D eigenvalue weighted by atomic mass is 10.1. The van der Waals surface area contributed by atoms with Crippen molar-refractivity contribution in [2.75, 3.05) is 11.9 Å². The molecule has 2 amide bonds. The Morgan fingerprint density at radius 3 is 2.70 bits per heavy atom. The minimum atomic E-state index is -0.460. The van der Waals surface area contributed by atoms with Gasteiger partial charge in [-0.1, -0.05) is 11.6 Å². The fourth-order valence-electron chi connectivity index (χ4n) is 2.70. The molecule has 6 heteroatoms. The SMILES string of the molecule is O=C(Nc1ccc(Cl)cc1)[C@@H]1CCCN1C(=O)c1cccnc1. The van der Waals surface area contributed by atoms with Gasteiger partial charge in [-0.15, -0.1) is 0 Å². The van der Waals surface area contributed by atoms with E-state index in [9.17, 15) is 9.59 Å². The molecule has 0 radical (unpaired) electrons. The molecular weight excluding hydrogens is 314 g/mol. The number of nitrogens with zero attached hydrogens (tertiary/aromatic N) is 2. The van der Waals surface area contributed by atoms with Gasteiger partial charge in [-0.2, -0.15) is 0 Å². The van der Waals surface area contributed by atoms with E-state index in [4.69, 9.17) is 11.6 Å². The van der Waals surface area contributed by atoms with Gasteiger partial charge >= 0.3 is 0 Å². The van der Waals surface area contributed by atoms with Crippen molar-refractivity contribution in [2.24, 2.45) is 0 Å². The van der Waals surface area contributed by atoms with E-state index in [0.717, 1.165) is 6.42 Å². The van der Waals surface area contributed by atoms with E-state index < -0.39 is 6.04 Å². The van der Waals surface area contributed by atoms with Gasteiger partial charge in [-0.05, 0) is 49.2 Å². The molecule has 1 aromatic heterocycles. The number of amides is 2. The Labute approximate surface area is 139 Å². The molecule has 23 heavy (non-hydrogen) atoms. The quantitative estimate of drug-likeness (QED) is 0.941. The first-order valence-corrected chi connectivity index (χ1v) is 7.80. The van der Waals surface area contributed by atoms with Crippen molar-refractivity contribution in [1.82, 2.24) is 9.88 Å². The van der Waals surface area contributed by atoms with E-state index in [-0.39, 0.29) is 11.8 Å². The zero-order chi connectivity index (χ0) is 16.2. The molecule has 1 atom stereocenters. The topological polar surface area (TPSA) is 62.3 Å². The first-order valence-electron chi connectivity index (χ1n) is 7.42. The van der Waals surface area contributed by atoms with Gasteiger partial charge in [0.2, 0.25) is 5.91 Å². The molecule has 1 fully saturated rings. The molecule has 3 rings (SSSR count). The predicted molar refractivity (Wildman–Crippen MR) is 88.4 cm³/mol. The molecule has 0 bridgehead atoms. The van der Waals surface area contributed by atoms with Crippen LogP contribution in [0.1, 0.15) is 23.2 Å². The molecule has 1 aromatic carbocycles. The van der Waals surface area contributed by atoms with Crippen molar-refractivity contribution in [3.05, 3.63) is 59.4 Å². The summed E-state index contributed by atoms with van der Waals surface area (Å²) in [6.45, 7) is 0.576. The number of carbonyl (C=O) groups excluding carboxylic acids is 2. The van der Waals surface area contributed by atoms with Gasteiger partial charge in [-0.3, -0.25) is 14.6 Å². The van der Waals surface area contributed by atoms with Crippen molar-refractivity contribution < 1.29 is 9.59 Å². The van der Waals surface area contributed by atoms with Crippen LogP contribution in [0.4, 0.5) is 5.69 Å². The van der Waals surface area contributed by atoms with Crippen LogP contribution in [0.3, 0.4) is 0 Å². The van der Waals surface area contributed by atoms with E-state index in [2.05, 4.69) is 10.3 Å². The van der Waals surface area contributed by atoms with E-state index >= 15 is 0 Å². The summed E-state index contributed by atoms with van der Waals surface area (Å²) in [5.74, 6) is -0.339. The van der Waals surface area contributed by atoms with Gasteiger partial charge in [0.1, 0.15) is 6.04 Å². The number of likely N-dealkylation sites (tertiary alicyclic amines) is 1. The highest BCUT2D eigenvalue weighted by molar-refractivity contribution is 6.30. The van der Waals surface area contributed by atoms with Crippen LogP contribution in [0.5, 0.6) is 0 Å². The van der Waals surface area contributed by atoms with Crippen LogP contribution in [-0.4, -0.2) is 34.3 Å². The Morgan fingerprint density at radius 2 is 2.00 bits per heavy atom. The highest BCUT2D eigenvalue weighted by atomic mass is 35.5. The van der Waals surface area contributed by atoms with Crippen LogP contribution in [0.25, 0.3) is 0 Å². The van der Waals surface area contributed by atoms with Crippen LogP contribution in [0.2, 0.25) is 5.02 Å². The Balaban J connectivity index is 1.72. The van der Waals surface area contributed by atoms with E-state index in [0.29, 0.717) is 29.2 Å². The summed E-state index contributed by atoms with van der Waals surface area (Å²) in [7, 11) is 0. The summed E-state index contributed by atoms with van der Waals surface area (Å²) in [6.07, 6.45) is 4.61. The summed E-state index contributed by atoms with van der Waals surface area (Å²) in [5, 5.41) is 3.45. The summed E-state index contributed by atoms with van der Waals surface area (Å²) < 4.78 is 0. The number of aromatic nitrogens is 1. The molecule has 1 saturated heterocycles. The third-order valence-corrected chi connectivity index (χ3v) is 4.09. The molecule has 1 N–H and O–H groups in total. The molecule has 5 nitrogen and oxygen atoms in total. The number of rotatable bonds is 3. The largest absolute Gasteiger partial charge is 0.327 e. The number of nitrogens with one attached hydrogen (secondary N) is 1. The normalized spacial score (nSPS) is 17.1. The van der Waals surface area contributed by atoms with Crippen molar-refractivity contribution >= 4 is 29.1 Å². The Kier molecular flexibility index (Phi) is 4.57. The Morgan fingerprint density at radius 1 is 1.22 bits per heavy atom. The van der Waals surface area contributed by atoms with E-state index in [1.54, 1.807) is 47.5 Å². The van der Waals surface area contributed by atoms with Crippen LogP contribution >= 0.6 is 11.6 Å². The lowest BCUT2D eigenvalue weighted by Crippen LogP contribution is -2.43. The number of halogens is 1. The second-order valence-corrected chi connectivity index (χ2v) is 5.83. The Bertz CT molecular complexity index is 704. The molecule has 2 heterocycles. The maximum absolute atomic E-state index is 12.5. The van der Waals surface area contributed by atoms with Gasteiger partial charge in [0.15, 0.2) is 0 Å². The number of benzene rings is 1. The fraction of sp³-hybridized carbons (Fsp3) is 0.235. The number of hydrogen-bond donors (Lipinski definition) is 1. The fourth-order valence-corrected chi connectivity index (χ4v) is 2.82. The van der Waals surface area contributed by atoms with Crippen molar-refractivity contribution in [2.45, 2.75) is 18.9 Å². The monoisotopic (exact) mass is 329 g/mol. The summed E-state index contributed by atoms with van der Waals surface area (Å²) in [4.78, 5) is 30.6. The number of carbonyl (C=O) groups is 2. The zero-order valence-corrected chi connectivity index (χ0v) is 13.2. The second-order valence-electron chi connectivity index (χ2n) is 5.39. The maximum Gasteiger partial charge on any atom is 0.256 e. The van der Waals surface area contributed by atoms with Crippen LogP contribution < -0.4 is 5.32 Å². The lowest BCUT2D eigenvalue weighted by molar-refractivity contribution is -0.119. The maximum atomic E-state index is 12.5. The van der Waals surface area contributed by atoms with Gasteiger partial charge in [0, 0.05) is 29.6 Å². The number of pyridine rings is 1. The van der Waals surface area contributed by atoms with Gasteiger partial charge in [-0.25, -0.2) is 0 Å². The molecule has 1 aliphatic heterocycles. The van der Waals surface area contributed by atoms with Crippen molar-refractivity contribution in [3.8, 4) is 0 Å². The summed E-state index contributed by atoms with van der Waals surface area (Å²) >= 11 is 5.84. The van der Waals surface area contributed by atoms with Gasteiger partial charge in [0.05, 0.1) is 5.56 Å². The van der Waals surface area contributed by atoms with E-state index in [1.165, 1.54) is 6.20 Å². The van der Waals surface area contributed by atoms with Crippen LogP contribution in [-0.2, 0) is 4.79 Å². The third kappa shape index (κ3) is 3.51. The average molecular weight is 330 g/mol. The minimum absolute atomic E-state index is 0.160. The molecule has 0 saturated carbocycles. The Hall–Kier alpha value is -2.40. The second kappa shape index (κ2) is 6.79. The average Bonchev–Trinajstić information content (AvgIpc) is 3.07. The number of anilines is 1. The van der Waals surface area contributed by atoms with Crippen LogP contribution in [0, 0.1) is 0 Å². The van der Waals surface area contributed by atoms with Gasteiger partial charge < -0.3 is 10.2 Å². The molecule has 0 aliphatic carbocycles. The number of hydrogen-bond acceptors (Lipinski definition) is 3. The first kappa shape index (κ1) is 15.5.